The lowest BCUT2D eigenvalue weighted by molar-refractivity contribution is -0.158. The minimum Gasteiger partial charge on any atom is -0.489 e. The number of ether oxygens (including phenoxy) is 3. The maximum atomic E-state index is 11.1. The predicted octanol–water partition coefficient (Wildman–Crippen LogP) is 1.84. The number of benzene rings is 1. The zero-order valence-corrected chi connectivity index (χ0v) is 13.7. The number of esters is 2. The lowest BCUT2D eigenvalue weighted by atomic mass is 10.1. The van der Waals surface area contributed by atoms with E-state index in [1.54, 1.807) is 0 Å². The molecule has 6 heteroatoms. The van der Waals surface area contributed by atoms with Gasteiger partial charge >= 0.3 is 11.9 Å². The lowest BCUT2D eigenvalue weighted by Crippen LogP contribution is -2.30. The van der Waals surface area contributed by atoms with Crippen LogP contribution in [0.15, 0.2) is 24.3 Å². The van der Waals surface area contributed by atoms with Gasteiger partial charge in [-0.2, -0.15) is 0 Å². The highest BCUT2D eigenvalue weighted by atomic mass is 16.6. The number of nitrogens with two attached hydrogens (primary N) is 1. The number of aryl methyl sites for hydroxylation is 1. The molecule has 0 radical (unpaired) electrons. The number of hydrogen-bond acceptors (Lipinski definition) is 6. The van der Waals surface area contributed by atoms with Gasteiger partial charge in [0.2, 0.25) is 0 Å². The van der Waals surface area contributed by atoms with Crippen molar-refractivity contribution in [2.24, 2.45) is 5.73 Å². The van der Waals surface area contributed by atoms with E-state index in [1.807, 2.05) is 24.3 Å². The molecule has 0 spiro atoms. The summed E-state index contributed by atoms with van der Waals surface area (Å²) >= 11 is 0. The first-order valence-corrected chi connectivity index (χ1v) is 7.74. The molecular weight excluding hydrogens is 298 g/mol. The molecule has 6 nitrogen and oxygen atoms in total. The zero-order valence-electron chi connectivity index (χ0n) is 13.7. The Labute approximate surface area is 136 Å². The summed E-state index contributed by atoms with van der Waals surface area (Å²) in [5.74, 6) is -0.129. The van der Waals surface area contributed by atoms with Crippen LogP contribution in [-0.2, 0) is 25.5 Å². The molecule has 0 aliphatic carbocycles. The standard InChI is InChI=1S/C17H25NO5/c1-13(19)21-11-16(23-14(2)20)12-22-17-9-4-3-7-15(17)8-5-6-10-18/h3-4,7,9,16H,5-6,8,10-12,18H2,1-2H3. The van der Waals surface area contributed by atoms with Crippen LogP contribution in [0.4, 0.5) is 0 Å². The highest BCUT2D eigenvalue weighted by molar-refractivity contribution is 5.67. The minimum absolute atomic E-state index is 0.0236. The van der Waals surface area contributed by atoms with Crippen molar-refractivity contribution in [1.29, 1.82) is 0 Å². The first kappa shape index (κ1) is 19.0. The molecule has 0 aromatic heterocycles. The molecule has 0 aliphatic heterocycles. The lowest BCUT2D eigenvalue weighted by Gasteiger charge is -2.18. The van der Waals surface area contributed by atoms with Crippen LogP contribution in [0.1, 0.15) is 32.3 Å². The van der Waals surface area contributed by atoms with Gasteiger partial charge in [0.05, 0.1) is 0 Å². The van der Waals surface area contributed by atoms with Gasteiger partial charge in [-0.3, -0.25) is 9.59 Å². The molecule has 2 N–H and O–H groups in total. The number of carbonyl (C=O) groups is 2. The molecule has 1 rings (SSSR count). The van der Waals surface area contributed by atoms with Gasteiger partial charge in [-0.1, -0.05) is 18.2 Å². The number of rotatable bonds is 10. The molecule has 0 bridgehead atoms. The fourth-order valence-electron chi connectivity index (χ4n) is 2.05. The molecular formula is C17H25NO5. The molecule has 0 fully saturated rings. The van der Waals surface area contributed by atoms with Gasteiger partial charge in [0.1, 0.15) is 19.0 Å². The fourth-order valence-corrected chi connectivity index (χ4v) is 2.05. The van der Waals surface area contributed by atoms with E-state index >= 15 is 0 Å². The van der Waals surface area contributed by atoms with Crippen LogP contribution < -0.4 is 10.5 Å². The monoisotopic (exact) mass is 323 g/mol. The van der Waals surface area contributed by atoms with E-state index in [2.05, 4.69) is 0 Å². The van der Waals surface area contributed by atoms with Crippen LogP contribution in [-0.4, -0.2) is 37.8 Å². The van der Waals surface area contributed by atoms with E-state index in [0.717, 1.165) is 30.6 Å². The Balaban J connectivity index is 2.61. The number of para-hydroxylation sites is 1. The van der Waals surface area contributed by atoms with Crippen LogP contribution >= 0.6 is 0 Å². The Kier molecular flexibility index (Phi) is 8.75. The molecule has 0 amide bonds. The SMILES string of the molecule is CC(=O)OCC(COc1ccccc1CCCCN)OC(C)=O. The quantitative estimate of drug-likeness (QED) is 0.522. The van der Waals surface area contributed by atoms with Crippen molar-refractivity contribution in [2.75, 3.05) is 19.8 Å². The van der Waals surface area contributed by atoms with Gasteiger partial charge in [0.25, 0.3) is 0 Å². The average molecular weight is 323 g/mol. The van der Waals surface area contributed by atoms with Crippen molar-refractivity contribution in [3.8, 4) is 5.75 Å². The smallest absolute Gasteiger partial charge is 0.303 e. The van der Waals surface area contributed by atoms with E-state index in [-0.39, 0.29) is 13.2 Å². The van der Waals surface area contributed by atoms with E-state index in [4.69, 9.17) is 19.9 Å². The molecule has 1 aromatic rings. The van der Waals surface area contributed by atoms with Crippen LogP contribution in [0.2, 0.25) is 0 Å². The molecule has 1 aromatic carbocycles. The van der Waals surface area contributed by atoms with E-state index in [9.17, 15) is 9.59 Å². The van der Waals surface area contributed by atoms with Gasteiger partial charge in [-0.25, -0.2) is 0 Å². The number of carbonyl (C=O) groups excluding carboxylic acids is 2. The Bertz CT molecular complexity index is 504. The molecule has 1 unspecified atom stereocenters. The van der Waals surface area contributed by atoms with Gasteiger partial charge < -0.3 is 19.9 Å². The molecule has 23 heavy (non-hydrogen) atoms. The van der Waals surface area contributed by atoms with Gasteiger partial charge in [0, 0.05) is 13.8 Å². The molecule has 0 saturated carbocycles. The second-order valence-corrected chi connectivity index (χ2v) is 5.20. The fraction of sp³-hybridized carbons (Fsp3) is 0.529. The topological polar surface area (TPSA) is 87.8 Å². The second-order valence-electron chi connectivity index (χ2n) is 5.20. The second kappa shape index (κ2) is 10.6. The number of hydrogen-bond donors (Lipinski definition) is 1. The largest absolute Gasteiger partial charge is 0.489 e. The van der Waals surface area contributed by atoms with E-state index < -0.39 is 18.0 Å². The summed E-state index contributed by atoms with van der Waals surface area (Å²) in [7, 11) is 0. The average Bonchev–Trinajstić information content (AvgIpc) is 2.51. The predicted molar refractivity (Wildman–Crippen MR) is 86.1 cm³/mol. The highest BCUT2D eigenvalue weighted by Gasteiger charge is 2.16. The van der Waals surface area contributed by atoms with Crippen molar-refractivity contribution in [3.05, 3.63) is 29.8 Å². The summed E-state index contributed by atoms with van der Waals surface area (Å²) in [6.45, 7) is 3.38. The van der Waals surface area contributed by atoms with Crippen LogP contribution in [0, 0.1) is 0 Å². The van der Waals surface area contributed by atoms with Crippen molar-refractivity contribution in [2.45, 2.75) is 39.2 Å². The third kappa shape index (κ3) is 8.21. The highest BCUT2D eigenvalue weighted by Crippen LogP contribution is 2.20. The summed E-state index contributed by atoms with van der Waals surface area (Å²) in [5, 5.41) is 0. The summed E-state index contributed by atoms with van der Waals surface area (Å²) < 4.78 is 15.8. The van der Waals surface area contributed by atoms with Crippen molar-refractivity contribution < 1.29 is 23.8 Å². The van der Waals surface area contributed by atoms with E-state index in [0.29, 0.717) is 6.54 Å². The maximum Gasteiger partial charge on any atom is 0.303 e. The Morgan fingerprint density at radius 3 is 2.48 bits per heavy atom. The van der Waals surface area contributed by atoms with Crippen molar-refractivity contribution in [3.63, 3.8) is 0 Å². The first-order valence-electron chi connectivity index (χ1n) is 7.74. The minimum atomic E-state index is -0.631. The van der Waals surface area contributed by atoms with Gasteiger partial charge in [-0.05, 0) is 37.4 Å². The van der Waals surface area contributed by atoms with Crippen LogP contribution in [0.5, 0.6) is 5.75 Å². The number of unbranched alkanes of at least 4 members (excludes halogenated alkanes) is 1. The van der Waals surface area contributed by atoms with Crippen molar-refractivity contribution in [1.82, 2.24) is 0 Å². The van der Waals surface area contributed by atoms with Crippen LogP contribution in [0.3, 0.4) is 0 Å². The summed E-state index contributed by atoms with van der Waals surface area (Å²) in [4.78, 5) is 22.0. The van der Waals surface area contributed by atoms with Crippen molar-refractivity contribution >= 4 is 11.9 Å². The summed E-state index contributed by atoms with van der Waals surface area (Å²) in [6.07, 6.45) is 2.18. The van der Waals surface area contributed by atoms with Gasteiger partial charge in [0.15, 0.2) is 6.10 Å². The third-order valence-electron chi connectivity index (χ3n) is 3.10. The maximum absolute atomic E-state index is 11.1. The van der Waals surface area contributed by atoms with E-state index in [1.165, 1.54) is 13.8 Å². The Morgan fingerprint density at radius 1 is 1.09 bits per heavy atom. The third-order valence-corrected chi connectivity index (χ3v) is 3.10. The summed E-state index contributed by atoms with van der Waals surface area (Å²) in [6, 6.07) is 7.70. The molecule has 128 valence electrons. The molecule has 0 heterocycles. The zero-order chi connectivity index (χ0) is 17.1. The molecule has 1 atom stereocenters. The Hall–Kier alpha value is -2.08. The first-order chi connectivity index (χ1) is 11.0. The van der Waals surface area contributed by atoms with Crippen LogP contribution in [0.25, 0.3) is 0 Å². The Morgan fingerprint density at radius 2 is 1.83 bits per heavy atom. The van der Waals surface area contributed by atoms with Gasteiger partial charge in [-0.15, -0.1) is 0 Å². The molecule has 0 aliphatic rings. The normalized spacial score (nSPS) is 11.6. The summed E-state index contributed by atoms with van der Waals surface area (Å²) in [5.41, 5.74) is 6.59. The molecule has 0 saturated heterocycles.